The molecule has 0 amide bonds. The Kier molecular flexibility index (Phi) is 8.24. The van der Waals surface area contributed by atoms with Crippen LogP contribution in [0.5, 0.6) is 0 Å². The van der Waals surface area contributed by atoms with Gasteiger partial charge in [0.05, 0.1) is 5.92 Å². The maximum Gasteiger partial charge on any atom is 0.460 e. The summed E-state index contributed by atoms with van der Waals surface area (Å²) in [6.07, 6.45) is -7.83. The summed E-state index contributed by atoms with van der Waals surface area (Å²) in [4.78, 5) is 11.0. The number of hydrogen-bond acceptors (Lipinski definition) is 3. The van der Waals surface area contributed by atoms with E-state index in [-0.39, 0.29) is 6.92 Å². The van der Waals surface area contributed by atoms with E-state index in [2.05, 4.69) is 11.3 Å². The molecule has 0 aliphatic carbocycles. The van der Waals surface area contributed by atoms with Gasteiger partial charge in [0.1, 0.15) is 18.2 Å². The molecule has 204 valence electrons. The van der Waals surface area contributed by atoms with Crippen LogP contribution in [0, 0.1) is 17.2 Å². The highest BCUT2D eigenvalue weighted by Crippen LogP contribution is 2.64. The Labute approximate surface area is 182 Å². The number of hydrogen-bond donors (Lipinski definition) is 0. The predicted molar refractivity (Wildman–Crippen MR) is 75.6 cm³/mol. The third kappa shape index (κ3) is 4.57. The van der Waals surface area contributed by atoms with Crippen LogP contribution in [0.3, 0.4) is 0 Å². The summed E-state index contributed by atoms with van der Waals surface area (Å²) in [5.74, 6) is -62.8. The van der Waals surface area contributed by atoms with Crippen LogP contribution < -0.4 is 0 Å². The zero-order valence-corrected chi connectivity index (χ0v) is 16.2. The van der Waals surface area contributed by atoms with Crippen molar-refractivity contribution in [2.45, 2.75) is 54.6 Å². The largest absolute Gasteiger partial charge is 0.461 e. The maximum atomic E-state index is 13.9. The van der Waals surface area contributed by atoms with Crippen LogP contribution in [-0.2, 0) is 9.53 Å². The average molecular weight is 557 g/mol. The number of rotatable bonds is 10. The molecule has 0 N–H and O–H groups in total. The van der Waals surface area contributed by atoms with Crippen molar-refractivity contribution in [1.82, 2.24) is 0 Å². The van der Waals surface area contributed by atoms with Crippen molar-refractivity contribution in [3.05, 3.63) is 12.2 Å². The van der Waals surface area contributed by atoms with Crippen molar-refractivity contribution in [1.29, 1.82) is 5.26 Å². The Morgan fingerprint density at radius 3 is 1.34 bits per heavy atom. The molecule has 0 saturated carbocycles. The molecule has 0 aromatic heterocycles. The Bertz CT molecular complexity index is 868. The molecule has 0 rings (SSSR count). The third-order valence-electron chi connectivity index (χ3n) is 4.21. The molecule has 1 unspecified atom stereocenters. The summed E-state index contributed by atoms with van der Waals surface area (Å²) in [5.41, 5.74) is -1.20. The van der Waals surface area contributed by atoms with Crippen LogP contribution in [0.4, 0.5) is 74.6 Å². The van der Waals surface area contributed by atoms with Gasteiger partial charge in [0.2, 0.25) is 0 Å². The minimum absolute atomic E-state index is 0.269. The topological polar surface area (TPSA) is 50.1 Å². The molecule has 20 heteroatoms. The minimum atomic E-state index is -8.72. The number of carbonyl (C=O) groups is 1. The van der Waals surface area contributed by atoms with Gasteiger partial charge in [-0.15, -0.1) is 0 Å². The zero-order chi connectivity index (χ0) is 28.9. The fourth-order valence-electron chi connectivity index (χ4n) is 1.92. The quantitative estimate of drug-likeness (QED) is 0.138. The highest BCUT2D eigenvalue weighted by Gasteiger charge is 2.95. The number of alkyl halides is 17. The minimum Gasteiger partial charge on any atom is -0.461 e. The molecular weight excluding hydrogens is 549 g/mol. The van der Waals surface area contributed by atoms with Crippen molar-refractivity contribution in [2.75, 3.05) is 6.61 Å². The van der Waals surface area contributed by atoms with Crippen molar-refractivity contribution < 1.29 is 84.2 Å². The second-order valence-electron chi connectivity index (χ2n) is 6.66. The van der Waals surface area contributed by atoms with Crippen LogP contribution in [0.1, 0.15) is 6.92 Å². The van der Waals surface area contributed by atoms with Crippen molar-refractivity contribution >= 4 is 5.97 Å². The predicted octanol–water partition coefficient (Wildman–Crippen LogP) is 6.25. The molecule has 0 spiro atoms. The van der Waals surface area contributed by atoms with Crippen molar-refractivity contribution in [2.24, 2.45) is 5.92 Å². The molecule has 0 fully saturated rings. The van der Waals surface area contributed by atoms with E-state index in [0.717, 1.165) is 6.07 Å². The number of halogens is 17. The first kappa shape index (κ1) is 32.5. The number of esters is 1. The summed E-state index contributed by atoms with van der Waals surface area (Å²) in [7, 11) is 0. The lowest BCUT2D eigenvalue weighted by molar-refractivity contribution is -0.463. The standard InChI is InChI=1S/C15H8F17NO2/c1-5(3-33)7(34)35-4-6(2)8(16,17)9(18,19)10(20,21)11(22,23)12(24,25)13(26,27)14(28,29)15(30,31)32/h6H,1,4H2,2H3. The second kappa shape index (κ2) is 8.87. The van der Waals surface area contributed by atoms with Gasteiger partial charge in [-0.05, 0) is 0 Å². The van der Waals surface area contributed by atoms with Crippen LogP contribution in [0.15, 0.2) is 12.2 Å². The third-order valence-corrected chi connectivity index (χ3v) is 4.21. The van der Waals surface area contributed by atoms with Gasteiger partial charge >= 0.3 is 53.6 Å². The monoisotopic (exact) mass is 557 g/mol. The molecule has 0 aliphatic heterocycles. The Morgan fingerprint density at radius 2 is 1.03 bits per heavy atom. The van der Waals surface area contributed by atoms with E-state index in [0.29, 0.717) is 0 Å². The van der Waals surface area contributed by atoms with E-state index < -0.39 is 71.7 Å². The van der Waals surface area contributed by atoms with Crippen LogP contribution >= 0.6 is 0 Å². The summed E-state index contributed by atoms with van der Waals surface area (Å²) < 4.78 is 228. The van der Waals surface area contributed by atoms with E-state index in [9.17, 15) is 79.4 Å². The van der Waals surface area contributed by atoms with Crippen LogP contribution in [0.2, 0.25) is 0 Å². The van der Waals surface area contributed by atoms with E-state index in [4.69, 9.17) is 5.26 Å². The second-order valence-corrected chi connectivity index (χ2v) is 6.66. The average Bonchev–Trinajstić information content (AvgIpc) is 2.68. The van der Waals surface area contributed by atoms with Crippen LogP contribution in [0.25, 0.3) is 0 Å². The molecule has 0 radical (unpaired) electrons. The van der Waals surface area contributed by atoms with E-state index in [1.807, 2.05) is 0 Å². The smallest absolute Gasteiger partial charge is 0.460 e. The van der Waals surface area contributed by atoms with Gasteiger partial charge < -0.3 is 4.74 Å². The fraction of sp³-hybridized carbons (Fsp3) is 0.733. The number of nitriles is 1. The lowest BCUT2D eigenvalue weighted by Crippen LogP contribution is -2.75. The summed E-state index contributed by atoms with van der Waals surface area (Å²) in [6.45, 7) is 0.215. The molecule has 0 aliphatic rings. The first-order chi connectivity index (χ1) is 15.0. The Hall–Kier alpha value is -2.49. The Balaban J connectivity index is 6.52. The molecule has 3 nitrogen and oxygen atoms in total. The fourth-order valence-corrected chi connectivity index (χ4v) is 1.92. The summed E-state index contributed by atoms with van der Waals surface area (Å²) in [6, 6.07) is 0.935. The molecule has 0 aromatic rings. The molecule has 0 saturated heterocycles. The first-order valence-corrected chi connectivity index (χ1v) is 8.01. The van der Waals surface area contributed by atoms with Gasteiger partial charge in [-0.2, -0.15) is 79.9 Å². The summed E-state index contributed by atoms with van der Waals surface area (Å²) in [5, 5.41) is 8.25. The normalized spacial score (nSPS) is 15.9. The number of ether oxygens (including phenoxy) is 1. The molecule has 1 atom stereocenters. The molecular formula is C15H8F17NO2. The maximum absolute atomic E-state index is 13.9. The molecule has 0 heterocycles. The lowest BCUT2D eigenvalue weighted by atomic mass is 9.86. The van der Waals surface area contributed by atoms with E-state index in [1.165, 1.54) is 0 Å². The highest BCUT2D eigenvalue weighted by molar-refractivity contribution is 5.91. The molecule has 35 heavy (non-hydrogen) atoms. The van der Waals surface area contributed by atoms with Gasteiger partial charge in [0, 0.05) is 0 Å². The van der Waals surface area contributed by atoms with Gasteiger partial charge in [0.25, 0.3) is 0 Å². The van der Waals surface area contributed by atoms with Crippen LogP contribution in [-0.4, -0.2) is 60.2 Å². The van der Waals surface area contributed by atoms with Gasteiger partial charge in [-0.3, -0.25) is 0 Å². The van der Waals surface area contributed by atoms with Crippen molar-refractivity contribution in [3.63, 3.8) is 0 Å². The van der Waals surface area contributed by atoms with E-state index >= 15 is 0 Å². The number of nitrogens with zero attached hydrogens (tertiary/aromatic N) is 1. The van der Waals surface area contributed by atoms with E-state index in [1.54, 1.807) is 0 Å². The van der Waals surface area contributed by atoms with Gasteiger partial charge in [0.15, 0.2) is 0 Å². The van der Waals surface area contributed by atoms with Gasteiger partial charge in [-0.25, -0.2) is 4.79 Å². The highest BCUT2D eigenvalue weighted by atomic mass is 19.4. The molecule has 0 bridgehead atoms. The summed E-state index contributed by atoms with van der Waals surface area (Å²) >= 11 is 0. The van der Waals surface area contributed by atoms with Gasteiger partial charge in [-0.1, -0.05) is 13.5 Å². The SMILES string of the molecule is C=C(C#N)C(=O)OCC(C)C(F)(F)C(F)(F)C(F)(F)C(F)(F)C(F)(F)C(F)(F)C(F)(F)C(F)(F)F. The lowest BCUT2D eigenvalue weighted by Gasteiger charge is -2.43. The number of carbonyl (C=O) groups excluding carboxylic acids is 1. The molecule has 0 aromatic carbocycles. The van der Waals surface area contributed by atoms with Crippen molar-refractivity contribution in [3.8, 4) is 6.07 Å². The first-order valence-electron chi connectivity index (χ1n) is 8.01. The zero-order valence-electron chi connectivity index (χ0n) is 16.2. The Morgan fingerprint density at radius 1 is 0.714 bits per heavy atom.